The molecule has 0 saturated heterocycles. The van der Waals surface area contributed by atoms with Crippen LogP contribution in [0.5, 0.6) is 0 Å². The summed E-state index contributed by atoms with van der Waals surface area (Å²) in [7, 11) is 1.56. The third-order valence-corrected chi connectivity index (χ3v) is 2.43. The van der Waals surface area contributed by atoms with Crippen molar-refractivity contribution in [3.8, 4) is 0 Å². The number of aliphatic carboxylic acids is 1. The van der Waals surface area contributed by atoms with Crippen LogP contribution in [0, 0.1) is 0 Å². The van der Waals surface area contributed by atoms with E-state index in [0.29, 0.717) is 25.3 Å². The number of amides is 2. The highest BCUT2D eigenvalue weighted by atomic mass is 16.5. The molecule has 3 N–H and O–H groups in total. The Morgan fingerprint density at radius 2 is 1.95 bits per heavy atom. The van der Waals surface area contributed by atoms with Gasteiger partial charge >= 0.3 is 12.0 Å². The van der Waals surface area contributed by atoms with Crippen LogP contribution in [-0.4, -0.2) is 37.4 Å². The molecule has 0 fully saturated rings. The minimum absolute atomic E-state index is 0.101. The second-order valence-corrected chi connectivity index (χ2v) is 3.96. The predicted octanol–water partition coefficient (Wildman–Crippen LogP) is 1.47. The van der Waals surface area contributed by atoms with Crippen LogP contribution in [-0.2, 0) is 16.0 Å². The number of urea groups is 1. The van der Waals surface area contributed by atoms with Crippen LogP contribution < -0.4 is 10.6 Å². The summed E-state index contributed by atoms with van der Waals surface area (Å²) in [5.74, 6) is -0.820. The fourth-order valence-electron chi connectivity index (χ4n) is 1.45. The van der Waals surface area contributed by atoms with Crippen LogP contribution in [0.2, 0.25) is 0 Å². The molecule has 6 heteroatoms. The van der Waals surface area contributed by atoms with Gasteiger partial charge in [0, 0.05) is 25.8 Å². The summed E-state index contributed by atoms with van der Waals surface area (Å²) in [6, 6.07) is 6.79. The number of carbonyl (C=O) groups excluding carboxylic acids is 1. The number of carboxylic acid groups (broad SMARTS) is 1. The highest BCUT2D eigenvalue weighted by Gasteiger charge is 2.02. The summed E-state index contributed by atoms with van der Waals surface area (Å²) >= 11 is 0. The summed E-state index contributed by atoms with van der Waals surface area (Å²) in [4.78, 5) is 21.9. The number of hydrogen-bond donors (Lipinski definition) is 3. The molecule has 1 aromatic rings. The molecule has 0 atom stereocenters. The number of benzene rings is 1. The van der Waals surface area contributed by atoms with E-state index in [4.69, 9.17) is 9.84 Å². The third kappa shape index (κ3) is 6.42. The number of rotatable bonds is 7. The zero-order valence-corrected chi connectivity index (χ0v) is 10.8. The van der Waals surface area contributed by atoms with Gasteiger partial charge in [0.25, 0.3) is 0 Å². The van der Waals surface area contributed by atoms with Crippen molar-refractivity contribution < 1.29 is 19.4 Å². The van der Waals surface area contributed by atoms with Crippen molar-refractivity contribution in [2.45, 2.75) is 12.8 Å². The maximum Gasteiger partial charge on any atom is 0.319 e. The number of ether oxygens (including phenoxy) is 1. The molecule has 0 spiro atoms. The van der Waals surface area contributed by atoms with Crippen LogP contribution >= 0.6 is 0 Å². The molecule has 0 saturated carbocycles. The molecule has 0 bridgehead atoms. The van der Waals surface area contributed by atoms with Crippen LogP contribution in [0.25, 0.3) is 0 Å². The lowest BCUT2D eigenvalue weighted by Gasteiger charge is -2.07. The molecular weight excluding hydrogens is 248 g/mol. The molecular formula is C13H18N2O4. The summed E-state index contributed by atoms with van der Waals surface area (Å²) in [6.07, 6.45) is 0.583. The molecule has 0 heterocycles. The first-order valence-electron chi connectivity index (χ1n) is 5.96. The van der Waals surface area contributed by atoms with Gasteiger partial charge in [0.05, 0.1) is 6.61 Å². The third-order valence-electron chi connectivity index (χ3n) is 2.43. The number of carbonyl (C=O) groups is 2. The van der Waals surface area contributed by atoms with Gasteiger partial charge in [-0.3, -0.25) is 4.79 Å². The Morgan fingerprint density at radius 3 is 2.53 bits per heavy atom. The van der Waals surface area contributed by atoms with E-state index in [9.17, 15) is 9.59 Å². The maximum absolute atomic E-state index is 11.4. The van der Waals surface area contributed by atoms with E-state index in [1.54, 1.807) is 31.4 Å². The SMILES string of the molecule is COCCNC(=O)Nc1ccc(CCC(=O)O)cc1. The lowest BCUT2D eigenvalue weighted by atomic mass is 10.1. The first-order valence-corrected chi connectivity index (χ1v) is 5.96. The average molecular weight is 266 g/mol. The summed E-state index contributed by atoms with van der Waals surface area (Å²) in [6.45, 7) is 0.903. The molecule has 0 aromatic heterocycles. The molecule has 0 aliphatic heterocycles. The highest BCUT2D eigenvalue weighted by Crippen LogP contribution is 2.10. The van der Waals surface area contributed by atoms with E-state index in [0.717, 1.165) is 5.56 Å². The minimum atomic E-state index is -0.820. The van der Waals surface area contributed by atoms with E-state index < -0.39 is 5.97 Å². The summed E-state index contributed by atoms with van der Waals surface area (Å²) in [5.41, 5.74) is 1.58. The smallest absolute Gasteiger partial charge is 0.319 e. The van der Waals surface area contributed by atoms with Crippen molar-refractivity contribution >= 4 is 17.7 Å². The van der Waals surface area contributed by atoms with Gasteiger partial charge in [0.2, 0.25) is 0 Å². The average Bonchev–Trinajstić information content (AvgIpc) is 2.38. The quantitative estimate of drug-likeness (QED) is 0.652. The number of methoxy groups -OCH3 is 1. The van der Waals surface area contributed by atoms with Crippen molar-refractivity contribution in [1.29, 1.82) is 0 Å². The lowest BCUT2D eigenvalue weighted by Crippen LogP contribution is -2.31. The largest absolute Gasteiger partial charge is 0.481 e. The topological polar surface area (TPSA) is 87.7 Å². The molecule has 6 nitrogen and oxygen atoms in total. The molecule has 1 rings (SSSR count). The molecule has 19 heavy (non-hydrogen) atoms. The second-order valence-electron chi connectivity index (χ2n) is 3.96. The molecule has 0 unspecified atom stereocenters. The van der Waals surface area contributed by atoms with Gasteiger partial charge in [-0.25, -0.2) is 4.79 Å². The van der Waals surface area contributed by atoms with Crippen molar-refractivity contribution in [1.82, 2.24) is 5.32 Å². The Morgan fingerprint density at radius 1 is 1.26 bits per heavy atom. The predicted molar refractivity (Wildman–Crippen MR) is 71.3 cm³/mol. The Bertz CT molecular complexity index is 417. The Labute approximate surface area is 111 Å². The van der Waals surface area contributed by atoms with E-state index in [1.165, 1.54) is 0 Å². The molecule has 2 amide bonds. The van der Waals surface area contributed by atoms with Crippen molar-refractivity contribution in [3.63, 3.8) is 0 Å². The molecule has 0 aliphatic rings. The number of nitrogens with one attached hydrogen (secondary N) is 2. The van der Waals surface area contributed by atoms with Gasteiger partial charge in [-0.05, 0) is 24.1 Å². The zero-order valence-electron chi connectivity index (χ0n) is 10.8. The van der Waals surface area contributed by atoms with Gasteiger partial charge in [-0.15, -0.1) is 0 Å². The van der Waals surface area contributed by atoms with E-state index in [1.807, 2.05) is 0 Å². The number of hydrogen-bond acceptors (Lipinski definition) is 3. The summed E-state index contributed by atoms with van der Waals surface area (Å²) in [5, 5.41) is 13.9. The van der Waals surface area contributed by atoms with Gasteiger partial charge in [0.1, 0.15) is 0 Å². The van der Waals surface area contributed by atoms with Crippen molar-refractivity contribution in [3.05, 3.63) is 29.8 Å². The standard InChI is InChI=1S/C13H18N2O4/c1-19-9-8-14-13(18)15-11-5-2-10(3-6-11)4-7-12(16)17/h2-3,5-6H,4,7-9H2,1H3,(H,16,17)(H2,14,15,18). The number of anilines is 1. The van der Waals surface area contributed by atoms with Crippen molar-refractivity contribution in [2.24, 2.45) is 0 Å². The maximum atomic E-state index is 11.4. The molecule has 1 aromatic carbocycles. The Hall–Kier alpha value is -2.08. The lowest BCUT2D eigenvalue weighted by molar-refractivity contribution is -0.136. The minimum Gasteiger partial charge on any atom is -0.481 e. The van der Waals surface area contributed by atoms with Crippen LogP contribution in [0.1, 0.15) is 12.0 Å². The monoisotopic (exact) mass is 266 g/mol. The van der Waals surface area contributed by atoms with Crippen molar-refractivity contribution in [2.75, 3.05) is 25.6 Å². The van der Waals surface area contributed by atoms with Gasteiger partial charge in [-0.1, -0.05) is 12.1 Å². The first kappa shape index (κ1) is 15.0. The molecule has 0 aliphatic carbocycles. The molecule has 104 valence electrons. The van der Waals surface area contributed by atoms with Crippen LogP contribution in [0.4, 0.5) is 10.5 Å². The second kappa shape index (κ2) is 8.10. The van der Waals surface area contributed by atoms with Crippen LogP contribution in [0.3, 0.4) is 0 Å². The van der Waals surface area contributed by atoms with Gasteiger partial charge in [0.15, 0.2) is 0 Å². The number of aryl methyl sites for hydroxylation is 1. The van der Waals surface area contributed by atoms with Crippen LogP contribution in [0.15, 0.2) is 24.3 Å². The van der Waals surface area contributed by atoms with Gasteiger partial charge < -0.3 is 20.5 Å². The fourth-order valence-corrected chi connectivity index (χ4v) is 1.45. The van der Waals surface area contributed by atoms with E-state index >= 15 is 0 Å². The normalized spacial score (nSPS) is 9.95. The first-order chi connectivity index (χ1) is 9.11. The Balaban J connectivity index is 2.39. The van der Waals surface area contributed by atoms with E-state index in [2.05, 4.69) is 10.6 Å². The zero-order chi connectivity index (χ0) is 14.1. The Kier molecular flexibility index (Phi) is 6.38. The highest BCUT2D eigenvalue weighted by molar-refractivity contribution is 5.89. The number of carboxylic acids is 1. The summed E-state index contributed by atoms with van der Waals surface area (Å²) < 4.78 is 4.81. The fraction of sp³-hybridized carbons (Fsp3) is 0.385. The van der Waals surface area contributed by atoms with Gasteiger partial charge in [-0.2, -0.15) is 0 Å². The molecule has 0 radical (unpaired) electrons. The van der Waals surface area contributed by atoms with E-state index in [-0.39, 0.29) is 12.5 Å².